The molecule has 20 heavy (non-hydrogen) atoms. The van der Waals surface area contributed by atoms with E-state index in [2.05, 4.69) is 10.6 Å². The lowest BCUT2D eigenvalue weighted by atomic mass is 10.1. The largest absolute Gasteiger partial charge is 0.353 e. The molecule has 108 valence electrons. The third-order valence-corrected chi connectivity index (χ3v) is 4.52. The number of nitrogens with one attached hydrogen (secondary N) is 2. The highest BCUT2D eigenvalue weighted by Gasteiger charge is 2.27. The fraction of sp³-hybridized carbons (Fsp3) is 0.429. The van der Waals surface area contributed by atoms with E-state index >= 15 is 0 Å². The molecule has 0 unspecified atom stereocenters. The molecule has 6 heteroatoms. The fourth-order valence-corrected chi connectivity index (χ4v) is 3.04. The minimum atomic E-state index is -0.385. The van der Waals surface area contributed by atoms with E-state index in [-0.39, 0.29) is 23.1 Å². The highest BCUT2D eigenvalue weighted by Crippen LogP contribution is 2.27. The Morgan fingerprint density at radius 3 is 3.00 bits per heavy atom. The molecule has 0 radical (unpaired) electrons. The normalized spacial score (nSPS) is 19.5. The van der Waals surface area contributed by atoms with Crippen molar-refractivity contribution < 1.29 is 9.59 Å². The van der Waals surface area contributed by atoms with Crippen molar-refractivity contribution in [2.24, 2.45) is 0 Å². The predicted octanol–water partition coefficient (Wildman–Crippen LogP) is 2.14. The average molecular weight is 313 g/mol. The van der Waals surface area contributed by atoms with E-state index in [9.17, 15) is 9.59 Å². The molecule has 1 aromatic rings. The first kappa shape index (κ1) is 15.2. The molecule has 1 aliphatic rings. The second-order valence-electron chi connectivity index (χ2n) is 4.68. The zero-order valence-corrected chi connectivity index (χ0v) is 12.8. The Morgan fingerprint density at radius 1 is 1.60 bits per heavy atom. The van der Waals surface area contributed by atoms with Gasteiger partial charge < -0.3 is 10.6 Å². The monoisotopic (exact) mass is 312 g/mol. The summed E-state index contributed by atoms with van der Waals surface area (Å²) in [6.45, 7) is 0.521. The number of halogens is 1. The van der Waals surface area contributed by atoms with Gasteiger partial charge in [0.05, 0.1) is 0 Å². The lowest BCUT2D eigenvalue weighted by Crippen LogP contribution is -2.42. The first-order chi connectivity index (χ1) is 9.60. The number of benzene rings is 1. The topological polar surface area (TPSA) is 58.2 Å². The number of amides is 2. The summed E-state index contributed by atoms with van der Waals surface area (Å²) in [5, 5.41) is 6.40. The lowest BCUT2D eigenvalue weighted by Gasteiger charge is -2.18. The Balaban J connectivity index is 1.91. The van der Waals surface area contributed by atoms with Crippen LogP contribution in [0.25, 0.3) is 0 Å². The van der Waals surface area contributed by atoms with E-state index in [1.807, 2.05) is 30.5 Å². The minimum absolute atomic E-state index is 0.0543. The Bertz CT molecular complexity index is 510. The third kappa shape index (κ3) is 3.90. The summed E-state index contributed by atoms with van der Waals surface area (Å²) in [5.41, 5.74) is 1.08. The van der Waals surface area contributed by atoms with Crippen LogP contribution in [-0.4, -0.2) is 30.7 Å². The summed E-state index contributed by atoms with van der Waals surface area (Å²) in [7, 11) is 0. The van der Waals surface area contributed by atoms with Crippen LogP contribution in [0.15, 0.2) is 24.3 Å². The number of rotatable bonds is 5. The molecule has 1 aromatic carbocycles. The molecule has 1 aliphatic heterocycles. The number of thioether (sulfide) groups is 1. The van der Waals surface area contributed by atoms with E-state index in [1.165, 1.54) is 0 Å². The van der Waals surface area contributed by atoms with E-state index in [0.717, 1.165) is 5.56 Å². The maximum absolute atomic E-state index is 11.9. The molecule has 4 nitrogen and oxygen atoms in total. The summed E-state index contributed by atoms with van der Waals surface area (Å²) >= 11 is 7.64. The van der Waals surface area contributed by atoms with Gasteiger partial charge in [0.25, 0.3) is 0 Å². The molecule has 2 amide bonds. The lowest BCUT2D eigenvalue weighted by molar-refractivity contribution is -0.125. The molecule has 2 N–H and O–H groups in total. The van der Waals surface area contributed by atoms with E-state index < -0.39 is 0 Å². The third-order valence-electron chi connectivity index (χ3n) is 3.28. The van der Waals surface area contributed by atoms with Gasteiger partial charge in [0, 0.05) is 23.2 Å². The van der Waals surface area contributed by atoms with Crippen LogP contribution in [0.5, 0.6) is 0 Å². The van der Waals surface area contributed by atoms with Gasteiger partial charge in [-0.2, -0.15) is 11.8 Å². The summed E-state index contributed by atoms with van der Waals surface area (Å²) in [6, 6.07) is 7.25. The second kappa shape index (κ2) is 6.99. The summed E-state index contributed by atoms with van der Waals surface area (Å²) < 4.78 is 0. The molecular formula is C14H17ClN2O2S. The minimum Gasteiger partial charge on any atom is -0.353 e. The van der Waals surface area contributed by atoms with Gasteiger partial charge in [-0.25, -0.2) is 0 Å². The molecular weight excluding hydrogens is 296 g/mol. The molecule has 1 heterocycles. The summed E-state index contributed by atoms with van der Waals surface area (Å²) in [4.78, 5) is 23.0. The molecule has 2 rings (SSSR count). The van der Waals surface area contributed by atoms with Crippen molar-refractivity contribution in [1.29, 1.82) is 0 Å². The number of carbonyl (C=O) groups is 2. The Kier molecular flexibility index (Phi) is 5.31. The molecule has 2 atom stereocenters. The molecule has 0 bridgehead atoms. The smallest absolute Gasteiger partial charge is 0.242 e. The van der Waals surface area contributed by atoms with Crippen molar-refractivity contribution in [2.75, 3.05) is 12.8 Å². The van der Waals surface area contributed by atoms with Crippen LogP contribution < -0.4 is 10.6 Å². The molecule has 0 saturated carbocycles. The van der Waals surface area contributed by atoms with Crippen molar-refractivity contribution in [3.63, 3.8) is 0 Å². The maximum atomic E-state index is 11.9. The average Bonchev–Trinajstić information content (AvgIpc) is 2.86. The van der Waals surface area contributed by atoms with Crippen molar-refractivity contribution in [1.82, 2.24) is 10.6 Å². The van der Waals surface area contributed by atoms with Gasteiger partial charge in [0.1, 0.15) is 6.04 Å². The number of hydrogen-bond donors (Lipinski definition) is 2. The van der Waals surface area contributed by atoms with E-state index in [0.29, 0.717) is 24.4 Å². The highest BCUT2D eigenvalue weighted by atomic mass is 35.5. The van der Waals surface area contributed by atoms with Gasteiger partial charge in [-0.05, 0) is 30.4 Å². The van der Waals surface area contributed by atoms with Gasteiger partial charge in [-0.1, -0.05) is 23.7 Å². The van der Waals surface area contributed by atoms with E-state index in [4.69, 9.17) is 11.6 Å². The molecule has 1 fully saturated rings. The van der Waals surface area contributed by atoms with E-state index in [1.54, 1.807) is 11.8 Å². The van der Waals surface area contributed by atoms with Crippen LogP contribution in [0.4, 0.5) is 0 Å². The van der Waals surface area contributed by atoms with Gasteiger partial charge in [0.2, 0.25) is 11.8 Å². The van der Waals surface area contributed by atoms with Gasteiger partial charge in [-0.3, -0.25) is 9.59 Å². The molecule has 1 saturated heterocycles. The Morgan fingerprint density at radius 2 is 2.40 bits per heavy atom. The van der Waals surface area contributed by atoms with Crippen molar-refractivity contribution in [2.45, 2.75) is 24.1 Å². The second-order valence-corrected chi connectivity index (χ2v) is 6.16. The maximum Gasteiger partial charge on any atom is 0.242 e. The summed E-state index contributed by atoms with van der Waals surface area (Å²) in [5.74, 6) is -0.168. The predicted molar refractivity (Wildman–Crippen MR) is 81.9 cm³/mol. The standard InChI is InChI=1S/C14H17ClN2O2S/c1-20-12(9-3-2-4-10(15)7-9)8-16-14(19)11-5-6-13(18)17-11/h2-4,7,11-12H,5-6,8H2,1H3,(H,16,19)(H,17,18)/t11-,12+/m1/s1. The zero-order valence-electron chi connectivity index (χ0n) is 11.2. The zero-order chi connectivity index (χ0) is 14.5. The summed E-state index contributed by atoms with van der Waals surface area (Å²) in [6.07, 6.45) is 3.00. The Labute approximate surface area is 127 Å². The van der Waals surface area contributed by atoms with Crippen LogP contribution >= 0.6 is 23.4 Å². The van der Waals surface area contributed by atoms with Crippen LogP contribution in [-0.2, 0) is 9.59 Å². The number of hydrogen-bond acceptors (Lipinski definition) is 3. The first-order valence-corrected chi connectivity index (χ1v) is 8.12. The fourth-order valence-electron chi connectivity index (χ4n) is 2.17. The SMILES string of the molecule is CS[C@@H](CNC(=O)[C@H]1CCC(=O)N1)c1cccc(Cl)c1. The first-order valence-electron chi connectivity index (χ1n) is 6.45. The van der Waals surface area contributed by atoms with Crippen LogP contribution in [0.2, 0.25) is 5.02 Å². The number of carbonyl (C=O) groups excluding carboxylic acids is 2. The van der Waals surface area contributed by atoms with Gasteiger partial charge in [0.15, 0.2) is 0 Å². The van der Waals surface area contributed by atoms with Crippen molar-refractivity contribution >= 4 is 35.2 Å². The van der Waals surface area contributed by atoms with Crippen molar-refractivity contribution in [3.8, 4) is 0 Å². The van der Waals surface area contributed by atoms with Gasteiger partial charge >= 0.3 is 0 Å². The van der Waals surface area contributed by atoms with Crippen molar-refractivity contribution in [3.05, 3.63) is 34.9 Å². The Hall–Kier alpha value is -1.20. The van der Waals surface area contributed by atoms with Crippen LogP contribution in [0, 0.1) is 0 Å². The molecule has 0 aromatic heterocycles. The quantitative estimate of drug-likeness (QED) is 0.876. The highest BCUT2D eigenvalue weighted by molar-refractivity contribution is 7.98. The van der Waals surface area contributed by atoms with Crippen LogP contribution in [0.3, 0.4) is 0 Å². The molecule has 0 spiro atoms. The van der Waals surface area contributed by atoms with Gasteiger partial charge in [-0.15, -0.1) is 0 Å². The van der Waals surface area contributed by atoms with Crippen LogP contribution in [0.1, 0.15) is 23.7 Å². The molecule has 0 aliphatic carbocycles.